The molecule has 2 N–H and O–H groups in total. The zero-order valence-corrected chi connectivity index (χ0v) is 12.0. The Labute approximate surface area is 123 Å². The van der Waals surface area contributed by atoms with E-state index in [-0.39, 0.29) is 11.7 Å². The number of hydrogen-bond donors (Lipinski definition) is 2. The van der Waals surface area contributed by atoms with E-state index in [0.29, 0.717) is 24.9 Å². The molecule has 1 amide bonds. The number of carbonyl (C=O) groups excluding carboxylic acids is 1. The molecule has 0 aliphatic rings. The minimum atomic E-state index is -1.03. The van der Waals surface area contributed by atoms with Gasteiger partial charge >= 0.3 is 6.09 Å². The number of rotatable bonds is 6. The highest BCUT2D eigenvalue weighted by Crippen LogP contribution is 2.18. The van der Waals surface area contributed by atoms with Gasteiger partial charge in [-0.15, -0.1) is 0 Å². The number of carbonyl (C=O) groups is 2. The van der Waals surface area contributed by atoms with Crippen molar-refractivity contribution in [2.45, 2.75) is 19.8 Å². The van der Waals surface area contributed by atoms with Crippen molar-refractivity contribution in [1.29, 1.82) is 0 Å². The summed E-state index contributed by atoms with van der Waals surface area (Å²) in [6, 6.07) is 13.7. The largest absolute Gasteiger partial charge is 0.465 e. The second-order valence-corrected chi connectivity index (χ2v) is 5.32. The van der Waals surface area contributed by atoms with E-state index in [4.69, 9.17) is 5.11 Å². The number of ketones is 1. The van der Waals surface area contributed by atoms with Gasteiger partial charge in [0.25, 0.3) is 0 Å². The highest BCUT2D eigenvalue weighted by Gasteiger charge is 2.10. The second-order valence-electron chi connectivity index (χ2n) is 5.32. The summed E-state index contributed by atoms with van der Waals surface area (Å²) >= 11 is 0. The molecule has 1 unspecified atom stereocenters. The Balaban J connectivity index is 1.94. The maximum atomic E-state index is 12.2. The lowest BCUT2D eigenvalue weighted by molar-refractivity contribution is 0.0975. The molecule has 0 heterocycles. The highest BCUT2D eigenvalue weighted by atomic mass is 16.4. The molecule has 21 heavy (non-hydrogen) atoms. The number of nitrogens with one attached hydrogen (secondary N) is 1. The summed E-state index contributed by atoms with van der Waals surface area (Å²) < 4.78 is 0. The zero-order chi connectivity index (χ0) is 15.2. The number of benzene rings is 2. The van der Waals surface area contributed by atoms with Gasteiger partial charge in [0.2, 0.25) is 0 Å². The number of fused-ring (bicyclic) bond motifs is 1. The third kappa shape index (κ3) is 4.31. The summed E-state index contributed by atoms with van der Waals surface area (Å²) in [6.45, 7) is 2.31. The quantitative estimate of drug-likeness (QED) is 0.795. The Morgan fingerprint density at radius 1 is 1.14 bits per heavy atom. The summed E-state index contributed by atoms with van der Waals surface area (Å²) in [6.07, 6.45) is 0.0786. The van der Waals surface area contributed by atoms with E-state index in [0.717, 1.165) is 10.8 Å². The molecular weight excluding hydrogens is 266 g/mol. The Hall–Kier alpha value is -2.36. The SMILES string of the molecule is CC(CCC(=O)c1ccc2ccccc2c1)CNC(=O)O. The van der Waals surface area contributed by atoms with Crippen molar-refractivity contribution < 1.29 is 14.7 Å². The standard InChI is InChI=1S/C17H19NO3/c1-12(11-18-17(20)21)6-9-16(19)15-8-7-13-4-2-3-5-14(13)10-15/h2-5,7-8,10,12,18H,6,9,11H2,1H3,(H,20,21). The van der Waals surface area contributed by atoms with Crippen LogP contribution >= 0.6 is 0 Å². The first-order chi connectivity index (χ1) is 10.1. The molecule has 110 valence electrons. The maximum absolute atomic E-state index is 12.2. The summed E-state index contributed by atoms with van der Waals surface area (Å²) in [7, 11) is 0. The monoisotopic (exact) mass is 285 g/mol. The van der Waals surface area contributed by atoms with Crippen molar-refractivity contribution in [2.24, 2.45) is 5.92 Å². The lowest BCUT2D eigenvalue weighted by Gasteiger charge is -2.10. The van der Waals surface area contributed by atoms with Gasteiger partial charge in [0, 0.05) is 18.5 Å². The first-order valence-electron chi connectivity index (χ1n) is 7.05. The molecule has 0 saturated carbocycles. The summed E-state index contributed by atoms with van der Waals surface area (Å²) in [5.41, 5.74) is 0.715. The van der Waals surface area contributed by atoms with Crippen LogP contribution in [0.15, 0.2) is 42.5 Å². The number of carboxylic acid groups (broad SMARTS) is 1. The van der Waals surface area contributed by atoms with Crippen molar-refractivity contribution in [1.82, 2.24) is 5.32 Å². The third-order valence-electron chi connectivity index (χ3n) is 3.54. The first kappa shape index (κ1) is 15.0. The van der Waals surface area contributed by atoms with E-state index in [2.05, 4.69) is 5.32 Å². The van der Waals surface area contributed by atoms with Crippen molar-refractivity contribution in [3.8, 4) is 0 Å². The van der Waals surface area contributed by atoms with Crippen LogP contribution in [-0.2, 0) is 0 Å². The van der Waals surface area contributed by atoms with Gasteiger partial charge in [0.15, 0.2) is 5.78 Å². The molecule has 2 aromatic carbocycles. The van der Waals surface area contributed by atoms with E-state index in [1.807, 2.05) is 49.4 Å². The molecule has 2 rings (SSSR count). The molecule has 0 saturated heterocycles. The molecule has 1 atom stereocenters. The summed E-state index contributed by atoms with van der Waals surface area (Å²) in [5, 5.41) is 13.1. The molecule has 0 spiro atoms. The molecular formula is C17H19NO3. The fraction of sp³-hybridized carbons (Fsp3) is 0.294. The van der Waals surface area contributed by atoms with Gasteiger partial charge in [0.05, 0.1) is 0 Å². The fourth-order valence-electron chi connectivity index (χ4n) is 2.25. The van der Waals surface area contributed by atoms with Gasteiger partial charge in [-0.25, -0.2) is 4.79 Å². The summed E-state index contributed by atoms with van der Waals surface area (Å²) in [4.78, 5) is 22.6. The number of hydrogen-bond acceptors (Lipinski definition) is 2. The normalized spacial score (nSPS) is 12.0. The Kier molecular flexibility index (Phi) is 4.93. The smallest absolute Gasteiger partial charge is 0.404 e. The van der Waals surface area contributed by atoms with Gasteiger partial charge in [-0.05, 0) is 29.2 Å². The lowest BCUT2D eigenvalue weighted by atomic mass is 9.98. The Bertz CT molecular complexity index is 651. The van der Waals surface area contributed by atoms with Crippen molar-refractivity contribution in [3.63, 3.8) is 0 Å². The predicted molar refractivity (Wildman–Crippen MR) is 82.7 cm³/mol. The van der Waals surface area contributed by atoms with Crippen molar-refractivity contribution >= 4 is 22.6 Å². The molecule has 0 aromatic heterocycles. The fourth-order valence-corrected chi connectivity index (χ4v) is 2.25. The van der Waals surface area contributed by atoms with E-state index >= 15 is 0 Å². The van der Waals surface area contributed by atoms with Crippen LogP contribution in [-0.4, -0.2) is 23.5 Å². The molecule has 0 aliphatic heterocycles. The maximum Gasteiger partial charge on any atom is 0.404 e. The van der Waals surface area contributed by atoms with Crippen LogP contribution in [0.5, 0.6) is 0 Å². The third-order valence-corrected chi connectivity index (χ3v) is 3.54. The average Bonchev–Trinajstić information content (AvgIpc) is 2.50. The van der Waals surface area contributed by atoms with E-state index in [1.54, 1.807) is 0 Å². The number of amides is 1. The Morgan fingerprint density at radius 3 is 2.57 bits per heavy atom. The van der Waals surface area contributed by atoms with Gasteiger partial charge in [-0.3, -0.25) is 4.79 Å². The minimum Gasteiger partial charge on any atom is -0.465 e. The molecule has 2 aromatic rings. The van der Waals surface area contributed by atoms with Crippen LogP contribution in [0, 0.1) is 5.92 Å². The van der Waals surface area contributed by atoms with Crippen molar-refractivity contribution in [3.05, 3.63) is 48.0 Å². The predicted octanol–water partition coefficient (Wildman–Crippen LogP) is 3.71. The molecule has 4 heteroatoms. The van der Waals surface area contributed by atoms with E-state index in [9.17, 15) is 9.59 Å². The zero-order valence-electron chi connectivity index (χ0n) is 12.0. The molecule has 4 nitrogen and oxygen atoms in total. The summed E-state index contributed by atoms with van der Waals surface area (Å²) in [5.74, 6) is 0.244. The van der Waals surface area contributed by atoms with Crippen LogP contribution in [0.1, 0.15) is 30.1 Å². The molecule has 0 bridgehead atoms. The van der Waals surface area contributed by atoms with Crippen LogP contribution in [0.2, 0.25) is 0 Å². The van der Waals surface area contributed by atoms with Crippen LogP contribution < -0.4 is 5.32 Å². The highest BCUT2D eigenvalue weighted by molar-refractivity contribution is 5.99. The van der Waals surface area contributed by atoms with Gasteiger partial charge in [0.1, 0.15) is 0 Å². The topological polar surface area (TPSA) is 66.4 Å². The van der Waals surface area contributed by atoms with Crippen LogP contribution in [0.3, 0.4) is 0 Å². The molecule has 0 fully saturated rings. The average molecular weight is 285 g/mol. The van der Waals surface area contributed by atoms with Gasteiger partial charge in [-0.2, -0.15) is 0 Å². The Morgan fingerprint density at radius 2 is 1.86 bits per heavy atom. The van der Waals surface area contributed by atoms with Gasteiger partial charge in [-0.1, -0.05) is 43.3 Å². The molecule has 0 aliphatic carbocycles. The first-order valence-corrected chi connectivity index (χ1v) is 7.05. The van der Waals surface area contributed by atoms with Crippen molar-refractivity contribution in [2.75, 3.05) is 6.54 Å². The van der Waals surface area contributed by atoms with Crippen LogP contribution in [0.4, 0.5) is 4.79 Å². The van der Waals surface area contributed by atoms with Gasteiger partial charge < -0.3 is 10.4 Å². The lowest BCUT2D eigenvalue weighted by Crippen LogP contribution is -2.26. The van der Waals surface area contributed by atoms with E-state index < -0.39 is 6.09 Å². The van der Waals surface area contributed by atoms with E-state index in [1.165, 1.54) is 0 Å². The molecule has 0 radical (unpaired) electrons. The second kappa shape index (κ2) is 6.88. The van der Waals surface area contributed by atoms with Crippen LogP contribution in [0.25, 0.3) is 10.8 Å². The minimum absolute atomic E-state index is 0.0999. The number of Topliss-reactive ketones (excluding diaryl/α,β-unsaturated/α-hetero) is 1.